The quantitative estimate of drug-likeness (QED) is 0.247. The summed E-state index contributed by atoms with van der Waals surface area (Å²) in [5.74, 6) is 1.02. The summed E-state index contributed by atoms with van der Waals surface area (Å²) in [5, 5.41) is 4.74. The predicted octanol–water partition coefficient (Wildman–Crippen LogP) is 3.75. The Bertz CT molecular complexity index is 1490. The van der Waals surface area contributed by atoms with Crippen molar-refractivity contribution >= 4 is 39.6 Å². The van der Waals surface area contributed by atoms with Gasteiger partial charge in [0.25, 0.3) is 0 Å². The van der Waals surface area contributed by atoms with E-state index in [1.807, 2.05) is 72.8 Å². The first kappa shape index (κ1) is 30.1. The van der Waals surface area contributed by atoms with E-state index in [2.05, 4.69) is 42.4 Å². The van der Waals surface area contributed by atoms with Gasteiger partial charge in [-0.1, -0.05) is 72.8 Å². The number of amides is 1. The molecule has 0 saturated carbocycles. The number of hydrogen-bond donors (Lipinski definition) is 1. The van der Waals surface area contributed by atoms with Crippen molar-refractivity contribution < 1.29 is 38.0 Å². The van der Waals surface area contributed by atoms with E-state index in [9.17, 15) is 4.79 Å². The van der Waals surface area contributed by atoms with E-state index in [0.717, 1.165) is 65.1 Å². The lowest BCUT2D eigenvalue weighted by atomic mass is 10.2. The van der Waals surface area contributed by atoms with Crippen LogP contribution in [0.2, 0.25) is 0 Å². The van der Waals surface area contributed by atoms with Crippen molar-refractivity contribution in [3.8, 4) is 0 Å². The van der Waals surface area contributed by atoms with Crippen molar-refractivity contribution in [2.45, 2.75) is 20.0 Å². The molecule has 1 N–H and O–H groups in total. The van der Waals surface area contributed by atoms with Crippen LogP contribution in [0.15, 0.2) is 96.0 Å². The predicted molar refractivity (Wildman–Crippen MR) is 166 cm³/mol. The zero-order valence-corrected chi connectivity index (χ0v) is 27.0. The number of thiophene rings is 1. The molecule has 6 rings (SSSR count). The number of quaternary nitrogens is 1. The van der Waals surface area contributed by atoms with Gasteiger partial charge in [-0.3, -0.25) is 9.38 Å². The van der Waals surface area contributed by atoms with Crippen LogP contribution in [0.1, 0.15) is 21.6 Å². The summed E-state index contributed by atoms with van der Waals surface area (Å²) < 4.78 is 6.67. The molecule has 9 heteroatoms. The molecule has 1 amide bonds. The van der Waals surface area contributed by atoms with E-state index in [4.69, 9.17) is 9.73 Å². The average Bonchev–Trinajstić information content (AvgIpc) is 3.28. The number of halogens is 1. The third-order valence-corrected chi connectivity index (χ3v) is 8.75. The van der Waals surface area contributed by atoms with Gasteiger partial charge >= 0.3 is 6.09 Å². The third kappa shape index (κ3) is 6.96. The molecule has 3 heterocycles. The Kier molecular flexibility index (Phi) is 9.50. The van der Waals surface area contributed by atoms with Crippen molar-refractivity contribution in [3.05, 3.63) is 113 Å². The molecule has 0 bridgehead atoms. The second-order valence-corrected chi connectivity index (χ2v) is 12.4. The van der Waals surface area contributed by atoms with Crippen LogP contribution in [0.5, 0.6) is 0 Å². The van der Waals surface area contributed by atoms with E-state index < -0.39 is 0 Å². The summed E-state index contributed by atoms with van der Waals surface area (Å²) in [6.45, 7) is 6.87. The monoisotopic (exact) mass is 693 g/mol. The number of rotatable bonds is 6. The van der Waals surface area contributed by atoms with Crippen LogP contribution < -0.4 is 29.3 Å². The van der Waals surface area contributed by atoms with Gasteiger partial charge in [0.15, 0.2) is 0 Å². The van der Waals surface area contributed by atoms with Crippen molar-refractivity contribution in [1.82, 2.24) is 9.80 Å². The Morgan fingerprint density at radius 2 is 1.55 bits per heavy atom. The number of benzene rings is 3. The first-order chi connectivity index (χ1) is 20.0. The van der Waals surface area contributed by atoms with E-state index >= 15 is 0 Å². The zero-order chi connectivity index (χ0) is 28.2. The van der Waals surface area contributed by atoms with E-state index in [1.165, 1.54) is 4.88 Å². The molecule has 218 valence electrons. The number of para-hydroxylation sites is 2. The Balaban J connectivity index is 0.00000353. The number of carbonyl (C=O) groups excluding carboxylic acids is 1. The molecule has 2 aliphatic rings. The Hall–Kier alpha value is -3.41. The second-order valence-electron chi connectivity index (χ2n) is 11.1. The first-order valence-electron chi connectivity index (χ1n) is 14.1. The summed E-state index contributed by atoms with van der Waals surface area (Å²) in [4.78, 5) is 24.0. The molecule has 0 spiro atoms. The molecule has 0 aliphatic carbocycles. The minimum Gasteiger partial charge on any atom is -1.00 e. The molecule has 2 aliphatic heterocycles. The fourth-order valence-corrected chi connectivity index (χ4v) is 6.29. The third-order valence-electron chi connectivity index (χ3n) is 7.78. The number of nitrogens with zero attached hydrogens (tertiary/aromatic N) is 4. The molecule has 7 nitrogen and oxygen atoms in total. The van der Waals surface area contributed by atoms with Crippen molar-refractivity contribution in [1.29, 1.82) is 0 Å². The number of aliphatic imine (C=N–C) groups is 1. The second kappa shape index (κ2) is 13.3. The van der Waals surface area contributed by atoms with Gasteiger partial charge in [0.05, 0.1) is 50.2 Å². The molecule has 1 aromatic heterocycles. The maximum atomic E-state index is 13.4. The van der Waals surface area contributed by atoms with Crippen molar-refractivity contribution in [3.63, 3.8) is 0 Å². The SMILES string of the molecule is Cc1cc2c(s1)Nc1ccccc1N=C2N1CC[N+](C)(COC(=O)N(Cc2ccccc2)Cc2ccccc2)CC1.[I-]. The van der Waals surface area contributed by atoms with Crippen molar-refractivity contribution in [2.24, 2.45) is 4.99 Å². The number of fused-ring (bicyclic) bond motifs is 2. The number of carbonyl (C=O) groups is 1. The maximum Gasteiger partial charge on any atom is 0.414 e. The van der Waals surface area contributed by atoms with Crippen LogP contribution in [0.25, 0.3) is 0 Å². The smallest absolute Gasteiger partial charge is 0.414 e. The average molecular weight is 694 g/mol. The van der Waals surface area contributed by atoms with Crippen molar-refractivity contribution in [2.75, 3.05) is 45.3 Å². The Morgan fingerprint density at radius 1 is 0.952 bits per heavy atom. The first-order valence-corrected chi connectivity index (χ1v) is 14.9. The molecule has 3 aromatic carbocycles. The Labute approximate surface area is 269 Å². The number of ether oxygens (including phenoxy) is 1. The molecule has 4 aromatic rings. The number of hydrogen-bond acceptors (Lipinski definition) is 6. The molecular formula is C33H36IN5O2S. The molecule has 0 atom stereocenters. The van der Waals surface area contributed by atoms with Gasteiger partial charge in [-0.2, -0.15) is 0 Å². The minimum absolute atomic E-state index is 0. The van der Waals surface area contributed by atoms with Crippen LogP contribution in [-0.4, -0.2) is 66.2 Å². The van der Waals surface area contributed by atoms with Gasteiger partial charge in [0.2, 0.25) is 6.73 Å². The maximum absolute atomic E-state index is 13.4. The summed E-state index contributed by atoms with van der Waals surface area (Å²) in [6.07, 6.45) is -0.284. The van der Waals surface area contributed by atoms with E-state index in [-0.39, 0.29) is 30.1 Å². The van der Waals surface area contributed by atoms with E-state index in [1.54, 1.807) is 16.2 Å². The lowest BCUT2D eigenvalue weighted by molar-refractivity contribution is -0.929. The topological polar surface area (TPSA) is 57.2 Å². The highest BCUT2D eigenvalue weighted by molar-refractivity contribution is 7.16. The number of aryl methyl sites for hydroxylation is 1. The van der Waals surface area contributed by atoms with E-state index in [0.29, 0.717) is 24.3 Å². The molecule has 0 unspecified atom stereocenters. The Morgan fingerprint density at radius 3 is 2.19 bits per heavy atom. The highest BCUT2D eigenvalue weighted by atomic mass is 127. The normalized spacial score (nSPS) is 15.2. The van der Waals surface area contributed by atoms with Crippen LogP contribution in [0, 0.1) is 6.92 Å². The fraction of sp³-hybridized carbons (Fsp3) is 0.273. The van der Waals surface area contributed by atoms with Gasteiger partial charge in [0.1, 0.15) is 10.8 Å². The molecule has 0 radical (unpaired) electrons. The number of likely N-dealkylation sites (N-methyl/N-ethyl adjacent to an activating group) is 1. The lowest BCUT2D eigenvalue weighted by Gasteiger charge is -2.42. The van der Waals surface area contributed by atoms with Gasteiger partial charge < -0.3 is 38.9 Å². The summed E-state index contributed by atoms with van der Waals surface area (Å²) >= 11 is 1.76. The highest BCUT2D eigenvalue weighted by Gasteiger charge is 2.34. The highest BCUT2D eigenvalue weighted by Crippen LogP contribution is 2.39. The fourth-order valence-electron chi connectivity index (χ4n) is 5.37. The summed E-state index contributed by atoms with van der Waals surface area (Å²) in [6, 6.07) is 30.6. The van der Waals surface area contributed by atoms with Crippen LogP contribution in [0.4, 0.5) is 21.2 Å². The largest absolute Gasteiger partial charge is 1.00 e. The molecule has 1 saturated heterocycles. The van der Waals surface area contributed by atoms with Gasteiger partial charge in [0, 0.05) is 18.0 Å². The number of amidine groups is 1. The van der Waals surface area contributed by atoms with Gasteiger partial charge in [-0.25, -0.2) is 9.79 Å². The number of anilines is 2. The van der Waals surface area contributed by atoms with Crippen LogP contribution in [0.3, 0.4) is 0 Å². The summed E-state index contributed by atoms with van der Waals surface area (Å²) in [5.41, 5.74) is 5.31. The molecular weight excluding hydrogens is 657 g/mol. The van der Waals surface area contributed by atoms with Crippen LogP contribution in [-0.2, 0) is 17.8 Å². The molecule has 1 fully saturated rings. The minimum atomic E-state index is -0.284. The zero-order valence-electron chi connectivity index (χ0n) is 24.0. The number of piperazine rings is 1. The van der Waals surface area contributed by atoms with Crippen LogP contribution >= 0.6 is 11.3 Å². The lowest BCUT2D eigenvalue weighted by Crippen LogP contribution is -3.00. The standard InChI is InChI=1S/C33H36N5O2S.HI/c1-25-21-28-31(34-29-15-9-10-16-30(29)35-32(28)41-25)36-17-19-38(2,20-18-36)24-40-33(39)37(22-26-11-5-3-6-12-26)23-27-13-7-4-8-14-27;/h3-16,21,35H,17-20,22-24H2,1-2H3;1H/q+1;/p-1. The number of nitrogens with one attached hydrogen (secondary N) is 1. The van der Waals surface area contributed by atoms with Gasteiger partial charge in [-0.15, -0.1) is 11.3 Å². The molecule has 42 heavy (non-hydrogen) atoms. The summed E-state index contributed by atoms with van der Waals surface area (Å²) in [7, 11) is 2.18. The van der Waals surface area contributed by atoms with Gasteiger partial charge in [-0.05, 0) is 36.2 Å².